The molecule has 1 saturated carbocycles. The third-order valence-electron chi connectivity index (χ3n) is 3.09. The molecule has 0 spiro atoms. The minimum atomic E-state index is -0.804. The molecule has 92 valence electrons. The zero-order chi connectivity index (χ0) is 11.8. The summed E-state index contributed by atoms with van der Waals surface area (Å²) in [4.78, 5) is 21.7. The number of carboxylic acids is 1. The molecule has 1 aliphatic rings. The van der Waals surface area contributed by atoms with E-state index in [4.69, 9.17) is 5.11 Å². The number of carbonyl (C=O) groups is 2. The molecule has 1 amide bonds. The lowest BCUT2D eigenvalue weighted by molar-refractivity contribution is -0.137. The predicted octanol–water partition coefficient (Wildman–Crippen LogP) is 1.94. The smallest absolute Gasteiger partial charge is 0.303 e. The van der Waals surface area contributed by atoms with Crippen LogP contribution in [0.2, 0.25) is 0 Å². The number of carbonyl (C=O) groups excluding carboxylic acids is 1. The number of amides is 1. The van der Waals surface area contributed by atoms with E-state index in [0.29, 0.717) is 25.3 Å². The average Bonchev–Trinajstić information content (AvgIpc) is 2.25. The first-order valence-electron chi connectivity index (χ1n) is 6.17. The summed E-state index contributed by atoms with van der Waals surface area (Å²) in [6.45, 7) is 0.484. The fraction of sp³-hybridized carbons (Fsp3) is 0.833. The van der Waals surface area contributed by atoms with Crippen molar-refractivity contribution in [2.24, 2.45) is 5.92 Å². The van der Waals surface area contributed by atoms with Gasteiger partial charge in [0, 0.05) is 19.4 Å². The van der Waals surface area contributed by atoms with Gasteiger partial charge in [0.15, 0.2) is 0 Å². The maximum atomic E-state index is 11.5. The molecule has 0 saturated heterocycles. The van der Waals surface area contributed by atoms with Crippen LogP contribution in [0.5, 0.6) is 0 Å². The van der Waals surface area contributed by atoms with E-state index in [0.717, 1.165) is 0 Å². The normalized spacial score (nSPS) is 17.0. The highest BCUT2D eigenvalue weighted by molar-refractivity contribution is 5.76. The highest BCUT2D eigenvalue weighted by Crippen LogP contribution is 2.25. The number of hydrogen-bond acceptors (Lipinski definition) is 2. The largest absolute Gasteiger partial charge is 0.481 e. The fourth-order valence-corrected chi connectivity index (χ4v) is 2.19. The summed E-state index contributed by atoms with van der Waals surface area (Å²) in [6, 6.07) is 0. The minimum absolute atomic E-state index is 0.0808. The number of carboxylic acid groups (broad SMARTS) is 1. The van der Waals surface area contributed by atoms with E-state index in [9.17, 15) is 9.59 Å². The molecule has 0 aliphatic heterocycles. The van der Waals surface area contributed by atoms with Gasteiger partial charge in [-0.2, -0.15) is 0 Å². The van der Waals surface area contributed by atoms with Gasteiger partial charge in [-0.25, -0.2) is 0 Å². The lowest BCUT2D eigenvalue weighted by atomic mass is 9.87. The Balaban J connectivity index is 2.03. The number of hydrogen-bond donors (Lipinski definition) is 2. The number of aliphatic carboxylic acids is 1. The van der Waals surface area contributed by atoms with Crippen molar-refractivity contribution in [1.29, 1.82) is 0 Å². The second-order valence-corrected chi connectivity index (χ2v) is 4.56. The number of rotatable bonds is 6. The molecule has 0 heterocycles. The van der Waals surface area contributed by atoms with E-state index in [2.05, 4.69) is 5.32 Å². The van der Waals surface area contributed by atoms with E-state index >= 15 is 0 Å². The monoisotopic (exact) mass is 227 g/mol. The lowest BCUT2D eigenvalue weighted by Crippen LogP contribution is -2.27. The zero-order valence-corrected chi connectivity index (χ0v) is 9.71. The Morgan fingerprint density at radius 3 is 2.50 bits per heavy atom. The number of nitrogens with one attached hydrogen (secondary N) is 1. The van der Waals surface area contributed by atoms with Gasteiger partial charge in [-0.05, 0) is 25.2 Å². The molecular formula is C12H21NO3. The Bertz CT molecular complexity index is 234. The molecule has 1 fully saturated rings. The van der Waals surface area contributed by atoms with E-state index in [1.54, 1.807) is 0 Å². The summed E-state index contributed by atoms with van der Waals surface area (Å²) >= 11 is 0. The van der Waals surface area contributed by atoms with Gasteiger partial charge in [-0.3, -0.25) is 9.59 Å². The van der Waals surface area contributed by atoms with E-state index in [1.807, 2.05) is 0 Å². The van der Waals surface area contributed by atoms with Crippen LogP contribution in [0.1, 0.15) is 51.4 Å². The molecular weight excluding hydrogens is 206 g/mol. The molecule has 0 radical (unpaired) electrons. The second-order valence-electron chi connectivity index (χ2n) is 4.56. The Hall–Kier alpha value is -1.06. The van der Waals surface area contributed by atoms with Gasteiger partial charge in [0.2, 0.25) is 5.91 Å². The Labute approximate surface area is 96.4 Å². The summed E-state index contributed by atoms with van der Waals surface area (Å²) in [7, 11) is 0. The van der Waals surface area contributed by atoms with E-state index < -0.39 is 5.97 Å². The Kier molecular flexibility index (Phi) is 5.90. The van der Waals surface area contributed by atoms with Crippen molar-refractivity contribution in [3.8, 4) is 0 Å². The summed E-state index contributed by atoms with van der Waals surface area (Å²) in [5.74, 6) is -0.174. The first-order chi connectivity index (χ1) is 7.68. The summed E-state index contributed by atoms with van der Waals surface area (Å²) in [5, 5.41) is 11.2. The highest BCUT2D eigenvalue weighted by Gasteiger charge is 2.16. The standard InChI is InChI=1S/C12H21NO3/c14-11(13-8-4-7-12(15)16)9-10-5-2-1-3-6-10/h10H,1-9H2,(H,13,14)(H,15,16). The first kappa shape index (κ1) is 13.0. The van der Waals surface area contributed by atoms with E-state index in [-0.39, 0.29) is 12.3 Å². The third kappa shape index (κ3) is 5.73. The summed E-state index contributed by atoms with van der Waals surface area (Å²) in [5.41, 5.74) is 0. The van der Waals surface area contributed by atoms with Gasteiger partial charge in [-0.1, -0.05) is 19.3 Å². The lowest BCUT2D eigenvalue weighted by Gasteiger charge is -2.20. The maximum absolute atomic E-state index is 11.5. The van der Waals surface area contributed by atoms with Crippen molar-refractivity contribution in [1.82, 2.24) is 5.32 Å². The molecule has 0 atom stereocenters. The fourth-order valence-electron chi connectivity index (χ4n) is 2.19. The van der Waals surface area contributed by atoms with Crippen LogP contribution in [-0.2, 0) is 9.59 Å². The van der Waals surface area contributed by atoms with E-state index in [1.165, 1.54) is 32.1 Å². The quantitative estimate of drug-likeness (QED) is 0.681. The molecule has 0 bridgehead atoms. The summed E-state index contributed by atoms with van der Waals surface area (Å²) in [6.07, 6.45) is 7.40. The van der Waals surface area contributed by atoms with Crippen LogP contribution in [0.3, 0.4) is 0 Å². The van der Waals surface area contributed by atoms with Crippen LogP contribution >= 0.6 is 0 Å². The Morgan fingerprint density at radius 1 is 1.19 bits per heavy atom. The maximum Gasteiger partial charge on any atom is 0.303 e. The Morgan fingerprint density at radius 2 is 1.88 bits per heavy atom. The molecule has 4 heteroatoms. The molecule has 4 nitrogen and oxygen atoms in total. The summed E-state index contributed by atoms with van der Waals surface area (Å²) < 4.78 is 0. The minimum Gasteiger partial charge on any atom is -0.481 e. The van der Waals surface area contributed by atoms with Crippen LogP contribution in [0.25, 0.3) is 0 Å². The first-order valence-corrected chi connectivity index (χ1v) is 6.17. The molecule has 16 heavy (non-hydrogen) atoms. The van der Waals surface area contributed by atoms with Crippen molar-refractivity contribution in [2.45, 2.75) is 51.4 Å². The van der Waals surface area contributed by atoms with Crippen molar-refractivity contribution in [3.63, 3.8) is 0 Å². The van der Waals surface area contributed by atoms with Crippen molar-refractivity contribution in [2.75, 3.05) is 6.54 Å². The topological polar surface area (TPSA) is 66.4 Å². The van der Waals surface area contributed by atoms with Crippen molar-refractivity contribution < 1.29 is 14.7 Å². The van der Waals surface area contributed by atoms with Crippen molar-refractivity contribution >= 4 is 11.9 Å². The molecule has 0 aromatic heterocycles. The van der Waals surface area contributed by atoms with Crippen molar-refractivity contribution in [3.05, 3.63) is 0 Å². The molecule has 1 aliphatic carbocycles. The van der Waals surface area contributed by atoms with Crippen LogP contribution in [-0.4, -0.2) is 23.5 Å². The molecule has 1 rings (SSSR count). The SMILES string of the molecule is O=C(O)CCCNC(=O)CC1CCCCC1. The predicted molar refractivity (Wildman–Crippen MR) is 61.1 cm³/mol. The van der Waals surface area contributed by atoms with Gasteiger partial charge in [-0.15, -0.1) is 0 Å². The second kappa shape index (κ2) is 7.25. The van der Waals surface area contributed by atoms with Crippen LogP contribution in [0.4, 0.5) is 0 Å². The molecule has 2 N–H and O–H groups in total. The van der Waals surface area contributed by atoms with Crippen LogP contribution < -0.4 is 5.32 Å². The molecule has 0 aromatic rings. The third-order valence-corrected chi connectivity index (χ3v) is 3.09. The highest BCUT2D eigenvalue weighted by atomic mass is 16.4. The van der Waals surface area contributed by atoms with Crippen LogP contribution in [0, 0.1) is 5.92 Å². The average molecular weight is 227 g/mol. The molecule has 0 unspecified atom stereocenters. The van der Waals surface area contributed by atoms with Gasteiger partial charge in [0.05, 0.1) is 0 Å². The molecule has 0 aromatic carbocycles. The van der Waals surface area contributed by atoms with Crippen LogP contribution in [0.15, 0.2) is 0 Å². The van der Waals surface area contributed by atoms with Gasteiger partial charge in [0.1, 0.15) is 0 Å². The van der Waals surface area contributed by atoms with Gasteiger partial charge in [0.25, 0.3) is 0 Å². The van der Waals surface area contributed by atoms with Gasteiger partial charge < -0.3 is 10.4 Å². The van der Waals surface area contributed by atoms with Gasteiger partial charge >= 0.3 is 5.97 Å². The zero-order valence-electron chi connectivity index (χ0n) is 9.71.